The average Bonchev–Trinajstić information content (AvgIpc) is 3.48. The van der Waals surface area contributed by atoms with E-state index < -0.39 is 0 Å². The number of hydrogen-bond donors (Lipinski definition) is 3. The standard InChI is InChI=1S/C19H23BrN6/c1-12-3-5-13(6-4-12)10-23-19-24-11-15(20)18(26-19)25-17(22-2)9-16(21)14-7-8-14/h3-6,9,11,14H,7-8,10,21H2,1-2H3,(H2,22,23,24,25,26). The molecule has 0 radical (unpaired) electrons. The second kappa shape index (κ2) is 8.31. The summed E-state index contributed by atoms with van der Waals surface area (Å²) in [6, 6.07) is 8.36. The molecular formula is C19H23BrN6. The summed E-state index contributed by atoms with van der Waals surface area (Å²) in [6.07, 6.45) is 5.91. The lowest BCUT2D eigenvalue weighted by Gasteiger charge is -2.11. The fourth-order valence-corrected chi connectivity index (χ4v) is 2.69. The number of amidine groups is 1. The molecule has 1 aromatic heterocycles. The van der Waals surface area contributed by atoms with Crippen LogP contribution >= 0.6 is 15.9 Å². The van der Waals surface area contributed by atoms with Crippen molar-refractivity contribution in [2.24, 2.45) is 16.6 Å². The van der Waals surface area contributed by atoms with Crippen LogP contribution in [0.15, 0.2) is 51.7 Å². The van der Waals surface area contributed by atoms with Crippen LogP contribution in [0.4, 0.5) is 11.8 Å². The SMILES string of the molecule is CN=C(C=C(N)C1CC1)Nc1nc(NCc2ccc(C)cc2)ncc1Br. The van der Waals surface area contributed by atoms with E-state index in [1.165, 1.54) is 11.1 Å². The first-order valence-corrected chi connectivity index (χ1v) is 9.37. The van der Waals surface area contributed by atoms with Crippen molar-refractivity contribution >= 4 is 33.5 Å². The Labute approximate surface area is 162 Å². The number of aromatic nitrogens is 2. The van der Waals surface area contributed by atoms with Gasteiger partial charge in [0.05, 0.1) is 4.47 Å². The van der Waals surface area contributed by atoms with Crippen LogP contribution in [0.1, 0.15) is 24.0 Å². The molecule has 3 rings (SSSR count). The van der Waals surface area contributed by atoms with Gasteiger partial charge < -0.3 is 16.4 Å². The minimum absolute atomic E-state index is 0.495. The van der Waals surface area contributed by atoms with Gasteiger partial charge in [-0.1, -0.05) is 29.8 Å². The maximum atomic E-state index is 6.08. The number of nitrogens with zero attached hydrogens (tertiary/aromatic N) is 3. The third-order valence-corrected chi connectivity index (χ3v) is 4.74. The normalized spacial score (nSPS) is 15.0. The lowest BCUT2D eigenvalue weighted by atomic mass is 10.1. The van der Waals surface area contributed by atoms with Crippen molar-refractivity contribution in [3.05, 3.63) is 57.8 Å². The van der Waals surface area contributed by atoms with E-state index in [1.54, 1.807) is 13.2 Å². The summed E-state index contributed by atoms with van der Waals surface area (Å²) < 4.78 is 0.762. The number of nitrogens with two attached hydrogens (primary N) is 1. The molecule has 26 heavy (non-hydrogen) atoms. The van der Waals surface area contributed by atoms with Gasteiger partial charge in [-0.15, -0.1) is 0 Å². The summed E-state index contributed by atoms with van der Waals surface area (Å²) in [5.74, 6) is 2.37. The number of aliphatic imine (C=N–C) groups is 1. The Morgan fingerprint density at radius 3 is 2.73 bits per heavy atom. The predicted octanol–water partition coefficient (Wildman–Crippen LogP) is 3.85. The quantitative estimate of drug-likeness (QED) is 0.493. The minimum Gasteiger partial charge on any atom is -0.402 e. The number of allylic oxidation sites excluding steroid dienone is 1. The fraction of sp³-hybridized carbons (Fsp3) is 0.316. The second-order valence-corrected chi connectivity index (χ2v) is 7.24. The molecule has 1 aromatic carbocycles. The molecule has 0 amide bonds. The van der Waals surface area contributed by atoms with Gasteiger partial charge in [0.25, 0.3) is 0 Å². The third-order valence-electron chi connectivity index (χ3n) is 4.15. The number of hydrogen-bond acceptors (Lipinski definition) is 5. The van der Waals surface area contributed by atoms with Crippen molar-refractivity contribution in [3.8, 4) is 0 Å². The van der Waals surface area contributed by atoms with Crippen molar-refractivity contribution in [1.29, 1.82) is 0 Å². The lowest BCUT2D eigenvalue weighted by molar-refractivity contribution is 0.982. The van der Waals surface area contributed by atoms with E-state index in [2.05, 4.69) is 72.7 Å². The molecule has 1 heterocycles. The molecule has 0 spiro atoms. The molecule has 2 aromatic rings. The first kappa shape index (κ1) is 18.4. The third kappa shape index (κ3) is 5.05. The van der Waals surface area contributed by atoms with E-state index in [0.717, 1.165) is 23.0 Å². The fourth-order valence-electron chi connectivity index (χ4n) is 2.40. The molecule has 0 atom stereocenters. The van der Waals surface area contributed by atoms with Crippen molar-refractivity contribution in [1.82, 2.24) is 9.97 Å². The van der Waals surface area contributed by atoms with Crippen molar-refractivity contribution < 1.29 is 0 Å². The van der Waals surface area contributed by atoms with Crippen LogP contribution in [-0.2, 0) is 6.54 Å². The summed E-state index contributed by atoms with van der Waals surface area (Å²) in [4.78, 5) is 13.1. The van der Waals surface area contributed by atoms with Gasteiger partial charge in [-0.2, -0.15) is 4.98 Å². The molecule has 4 N–H and O–H groups in total. The van der Waals surface area contributed by atoms with Crippen LogP contribution < -0.4 is 16.4 Å². The molecule has 1 fully saturated rings. The Morgan fingerprint density at radius 1 is 1.35 bits per heavy atom. The number of anilines is 2. The van der Waals surface area contributed by atoms with Crippen LogP contribution in [0, 0.1) is 12.8 Å². The molecule has 1 saturated carbocycles. The number of halogens is 1. The van der Waals surface area contributed by atoms with E-state index in [1.807, 2.05) is 6.08 Å². The van der Waals surface area contributed by atoms with Crippen molar-refractivity contribution in [3.63, 3.8) is 0 Å². The van der Waals surface area contributed by atoms with Gasteiger partial charge in [0.2, 0.25) is 5.95 Å². The molecule has 6 nitrogen and oxygen atoms in total. The average molecular weight is 415 g/mol. The zero-order valence-corrected chi connectivity index (χ0v) is 16.5. The predicted molar refractivity (Wildman–Crippen MR) is 110 cm³/mol. The van der Waals surface area contributed by atoms with Crippen molar-refractivity contribution in [2.75, 3.05) is 17.7 Å². The van der Waals surface area contributed by atoms with Crippen LogP contribution in [0.2, 0.25) is 0 Å². The Bertz CT molecular complexity index is 824. The Morgan fingerprint density at radius 2 is 2.08 bits per heavy atom. The van der Waals surface area contributed by atoms with Gasteiger partial charge in [-0.3, -0.25) is 4.99 Å². The number of benzene rings is 1. The van der Waals surface area contributed by atoms with Gasteiger partial charge in [0.1, 0.15) is 5.84 Å². The van der Waals surface area contributed by atoms with Gasteiger partial charge in [0, 0.05) is 25.5 Å². The second-order valence-electron chi connectivity index (χ2n) is 6.38. The highest BCUT2D eigenvalue weighted by atomic mass is 79.9. The molecule has 1 aliphatic rings. The van der Waals surface area contributed by atoms with E-state index in [4.69, 9.17) is 5.73 Å². The zero-order valence-electron chi connectivity index (χ0n) is 15.0. The highest BCUT2D eigenvalue weighted by Crippen LogP contribution is 2.33. The maximum Gasteiger partial charge on any atom is 0.224 e. The highest BCUT2D eigenvalue weighted by Gasteiger charge is 2.24. The molecule has 0 unspecified atom stereocenters. The Hall–Kier alpha value is -2.41. The van der Waals surface area contributed by atoms with Crippen LogP contribution in [-0.4, -0.2) is 22.9 Å². The monoisotopic (exact) mass is 414 g/mol. The van der Waals surface area contributed by atoms with Gasteiger partial charge in [-0.05, 0) is 53.3 Å². The molecule has 0 bridgehead atoms. The molecule has 1 aliphatic carbocycles. The topological polar surface area (TPSA) is 88.2 Å². The van der Waals surface area contributed by atoms with E-state index in [0.29, 0.717) is 30.1 Å². The van der Waals surface area contributed by atoms with Gasteiger partial charge in [-0.25, -0.2) is 4.98 Å². The Balaban J connectivity index is 1.68. The summed E-state index contributed by atoms with van der Waals surface area (Å²) in [5, 5.41) is 6.46. The van der Waals surface area contributed by atoms with Crippen LogP contribution in [0.25, 0.3) is 0 Å². The summed E-state index contributed by atoms with van der Waals surface area (Å²) in [6.45, 7) is 2.73. The van der Waals surface area contributed by atoms with E-state index in [-0.39, 0.29) is 0 Å². The molecule has 0 saturated heterocycles. The maximum absolute atomic E-state index is 6.08. The minimum atomic E-state index is 0.495. The number of rotatable bonds is 6. The smallest absolute Gasteiger partial charge is 0.224 e. The first-order valence-electron chi connectivity index (χ1n) is 8.58. The summed E-state index contributed by atoms with van der Waals surface area (Å²) in [7, 11) is 1.73. The summed E-state index contributed by atoms with van der Waals surface area (Å²) in [5.41, 5.74) is 9.36. The number of nitrogens with one attached hydrogen (secondary N) is 2. The number of aryl methyl sites for hydroxylation is 1. The first-order chi connectivity index (χ1) is 12.5. The summed E-state index contributed by atoms with van der Waals surface area (Å²) >= 11 is 3.48. The zero-order chi connectivity index (χ0) is 18.5. The van der Waals surface area contributed by atoms with Gasteiger partial charge >= 0.3 is 0 Å². The molecular weight excluding hydrogens is 392 g/mol. The van der Waals surface area contributed by atoms with Crippen LogP contribution in [0.5, 0.6) is 0 Å². The largest absolute Gasteiger partial charge is 0.402 e. The van der Waals surface area contributed by atoms with Gasteiger partial charge in [0.15, 0.2) is 5.82 Å². The Kier molecular flexibility index (Phi) is 5.88. The molecule has 136 valence electrons. The van der Waals surface area contributed by atoms with E-state index >= 15 is 0 Å². The molecule has 7 heteroatoms. The van der Waals surface area contributed by atoms with E-state index in [9.17, 15) is 0 Å². The van der Waals surface area contributed by atoms with Crippen molar-refractivity contribution in [2.45, 2.75) is 26.3 Å². The highest BCUT2D eigenvalue weighted by molar-refractivity contribution is 9.10. The molecule has 0 aliphatic heterocycles. The lowest BCUT2D eigenvalue weighted by Crippen LogP contribution is -2.15. The van der Waals surface area contributed by atoms with Crippen LogP contribution in [0.3, 0.4) is 0 Å².